The second-order valence-corrected chi connectivity index (χ2v) is 9.00. The molecule has 0 saturated heterocycles. The number of carbonyl (C=O) groups excluding carboxylic acids is 1. The van der Waals surface area contributed by atoms with Gasteiger partial charge in [-0.15, -0.1) is 11.3 Å². The number of nitriles is 1. The number of nitrogens with zero attached hydrogens (tertiary/aromatic N) is 4. The predicted octanol–water partition coefficient (Wildman–Crippen LogP) is 5.11. The van der Waals surface area contributed by atoms with Crippen molar-refractivity contribution in [2.75, 3.05) is 5.75 Å². The molecule has 0 aliphatic carbocycles. The molecule has 0 saturated carbocycles. The summed E-state index contributed by atoms with van der Waals surface area (Å²) in [6, 6.07) is 20.3. The summed E-state index contributed by atoms with van der Waals surface area (Å²) in [6.07, 6.45) is 1.50. The first-order chi connectivity index (χ1) is 16.5. The Morgan fingerprint density at radius 1 is 1.24 bits per heavy atom. The summed E-state index contributed by atoms with van der Waals surface area (Å²) in [5.41, 5.74) is 3.99. The summed E-state index contributed by atoms with van der Waals surface area (Å²) in [7, 11) is 0. The first kappa shape index (κ1) is 22.9. The fourth-order valence-corrected chi connectivity index (χ4v) is 4.67. The number of hydrogen-bond donors (Lipinski definition) is 1. The van der Waals surface area contributed by atoms with E-state index in [2.05, 4.69) is 15.5 Å². The van der Waals surface area contributed by atoms with E-state index in [1.807, 2.05) is 30.3 Å². The molecule has 9 nitrogen and oxygen atoms in total. The van der Waals surface area contributed by atoms with Crippen LogP contribution in [-0.4, -0.2) is 27.8 Å². The lowest BCUT2D eigenvalue weighted by Gasteiger charge is -2.07. The fraction of sp³-hybridized carbons (Fsp3) is 0.0435. The predicted molar refractivity (Wildman–Crippen MR) is 130 cm³/mol. The SMILES string of the molecule is N#Cc1cc([N+](=O)[O-])ccc1Oc1ccc(/C=N\NC(=O)CSc2nc3ccccc3s2)cc1. The van der Waals surface area contributed by atoms with Gasteiger partial charge >= 0.3 is 0 Å². The van der Waals surface area contributed by atoms with Crippen LogP contribution in [0.1, 0.15) is 11.1 Å². The van der Waals surface area contributed by atoms with Crippen LogP contribution in [0.5, 0.6) is 11.5 Å². The number of hydrazone groups is 1. The maximum Gasteiger partial charge on any atom is 0.271 e. The number of fused-ring (bicyclic) bond motifs is 1. The molecular formula is C23H15N5O4S2. The minimum Gasteiger partial charge on any atom is -0.456 e. The van der Waals surface area contributed by atoms with Crippen molar-refractivity contribution in [1.82, 2.24) is 10.4 Å². The number of nitrogens with one attached hydrogen (secondary N) is 1. The van der Waals surface area contributed by atoms with Gasteiger partial charge in [0.25, 0.3) is 11.6 Å². The number of aromatic nitrogens is 1. The lowest BCUT2D eigenvalue weighted by atomic mass is 10.2. The van der Waals surface area contributed by atoms with Crippen molar-refractivity contribution < 1.29 is 14.5 Å². The van der Waals surface area contributed by atoms with E-state index in [4.69, 9.17) is 4.74 Å². The van der Waals surface area contributed by atoms with Crippen LogP contribution < -0.4 is 10.2 Å². The van der Waals surface area contributed by atoms with Gasteiger partial charge in [-0.2, -0.15) is 10.4 Å². The number of nitro benzene ring substituents is 1. The van der Waals surface area contributed by atoms with Crippen LogP contribution in [0.4, 0.5) is 5.69 Å². The van der Waals surface area contributed by atoms with Gasteiger partial charge in [-0.05, 0) is 48.0 Å². The van der Waals surface area contributed by atoms with Gasteiger partial charge in [0.05, 0.1) is 27.1 Å². The van der Waals surface area contributed by atoms with E-state index in [0.717, 1.165) is 26.2 Å². The van der Waals surface area contributed by atoms with E-state index in [1.54, 1.807) is 24.3 Å². The quantitative estimate of drug-likeness (QED) is 0.157. The molecule has 11 heteroatoms. The molecule has 0 fully saturated rings. The van der Waals surface area contributed by atoms with E-state index in [-0.39, 0.29) is 28.7 Å². The first-order valence-corrected chi connectivity index (χ1v) is 11.6. The highest BCUT2D eigenvalue weighted by Crippen LogP contribution is 2.29. The molecule has 1 amide bonds. The zero-order valence-electron chi connectivity index (χ0n) is 17.4. The van der Waals surface area contributed by atoms with Gasteiger partial charge in [0.1, 0.15) is 23.1 Å². The summed E-state index contributed by atoms with van der Waals surface area (Å²) >= 11 is 2.89. The van der Waals surface area contributed by atoms with Crippen LogP contribution >= 0.6 is 23.1 Å². The minimum atomic E-state index is -0.572. The molecule has 0 aliphatic rings. The third-order valence-electron chi connectivity index (χ3n) is 4.41. The van der Waals surface area contributed by atoms with Crippen molar-refractivity contribution in [3.63, 3.8) is 0 Å². The zero-order chi connectivity index (χ0) is 23.9. The van der Waals surface area contributed by atoms with E-state index in [9.17, 15) is 20.2 Å². The molecular weight excluding hydrogens is 474 g/mol. The van der Waals surface area contributed by atoms with Crippen LogP contribution in [0.3, 0.4) is 0 Å². The van der Waals surface area contributed by atoms with Crippen LogP contribution in [-0.2, 0) is 4.79 Å². The Morgan fingerprint density at radius 3 is 2.76 bits per heavy atom. The average molecular weight is 490 g/mol. The molecule has 1 heterocycles. The van der Waals surface area contributed by atoms with Gasteiger partial charge in [0.15, 0.2) is 4.34 Å². The lowest BCUT2D eigenvalue weighted by Crippen LogP contribution is -2.19. The summed E-state index contributed by atoms with van der Waals surface area (Å²) in [6.45, 7) is 0. The zero-order valence-corrected chi connectivity index (χ0v) is 19.0. The number of rotatable bonds is 8. The molecule has 0 spiro atoms. The Bertz CT molecular complexity index is 1390. The molecule has 4 aromatic rings. The molecule has 0 unspecified atom stereocenters. The summed E-state index contributed by atoms with van der Waals surface area (Å²) < 4.78 is 7.56. The second kappa shape index (κ2) is 10.6. The maximum absolute atomic E-state index is 12.0. The number of thioether (sulfide) groups is 1. The number of amides is 1. The van der Waals surface area contributed by atoms with Crippen molar-refractivity contribution in [1.29, 1.82) is 5.26 Å². The number of nitro groups is 1. The van der Waals surface area contributed by atoms with Gasteiger partial charge in [-0.3, -0.25) is 14.9 Å². The van der Waals surface area contributed by atoms with Gasteiger partial charge < -0.3 is 4.74 Å². The summed E-state index contributed by atoms with van der Waals surface area (Å²) in [5.74, 6) is 0.606. The van der Waals surface area contributed by atoms with Gasteiger partial charge in [-0.1, -0.05) is 23.9 Å². The Balaban J connectivity index is 1.29. The Hall–Kier alpha value is -4.27. The van der Waals surface area contributed by atoms with Crippen molar-refractivity contribution >= 4 is 51.1 Å². The number of non-ortho nitro benzene ring substituents is 1. The molecule has 0 radical (unpaired) electrons. The third-order valence-corrected chi connectivity index (χ3v) is 6.59. The Morgan fingerprint density at radius 2 is 2.03 bits per heavy atom. The summed E-state index contributed by atoms with van der Waals surface area (Å²) in [4.78, 5) is 26.8. The standard InChI is InChI=1S/C23H15N5O4S2/c24-12-16-11-17(28(30)31)7-10-20(16)32-18-8-5-15(6-9-18)13-25-27-22(29)14-33-23-26-19-3-1-2-4-21(19)34-23/h1-11,13H,14H2,(H,27,29)/b25-13-. The van der Waals surface area contributed by atoms with Crippen LogP contribution in [0, 0.1) is 21.4 Å². The highest BCUT2D eigenvalue weighted by atomic mass is 32.2. The molecule has 0 atom stereocenters. The van der Waals surface area contributed by atoms with Crippen molar-refractivity contribution in [2.45, 2.75) is 4.34 Å². The maximum atomic E-state index is 12.0. The minimum absolute atomic E-state index is 0.0614. The number of para-hydroxylation sites is 1. The average Bonchev–Trinajstić information content (AvgIpc) is 3.27. The lowest BCUT2D eigenvalue weighted by molar-refractivity contribution is -0.384. The van der Waals surface area contributed by atoms with Gasteiger partial charge in [-0.25, -0.2) is 10.4 Å². The van der Waals surface area contributed by atoms with Crippen LogP contribution in [0.2, 0.25) is 0 Å². The first-order valence-electron chi connectivity index (χ1n) is 9.78. The molecule has 0 bridgehead atoms. The van der Waals surface area contributed by atoms with E-state index in [1.165, 1.54) is 41.4 Å². The number of ether oxygens (including phenoxy) is 1. The van der Waals surface area contributed by atoms with Gasteiger partial charge in [0.2, 0.25) is 0 Å². The third kappa shape index (κ3) is 5.74. The molecule has 34 heavy (non-hydrogen) atoms. The van der Waals surface area contributed by atoms with E-state index < -0.39 is 4.92 Å². The van der Waals surface area contributed by atoms with Crippen molar-refractivity contribution in [3.05, 3.63) is 88.0 Å². The second-order valence-electron chi connectivity index (χ2n) is 6.75. The number of carbonyl (C=O) groups is 1. The molecule has 0 aliphatic heterocycles. The normalized spacial score (nSPS) is 10.8. The smallest absolute Gasteiger partial charge is 0.271 e. The van der Waals surface area contributed by atoms with Crippen molar-refractivity contribution in [2.24, 2.45) is 5.10 Å². The van der Waals surface area contributed by atoms with E-state index in [0.29, 0.717) is 5.75 Å². The molecule has 1 aromatic heterocycles. The molecule has 1 N–H and O–H groups in total. The number of hydrogen-bond acceptors (Lipinski definition) is 9. The molecule has 3 aromatic carbocycles. The largest absolute Gasteiger partial charge is 0.456 e. The number of benzene rings is 3. The van der Waals surface area contributed by atoms with E-state index >= 15 is 0 Å². The summed E-state index contributed by atoms with van der Waals surface area (Å²) in [5, 5.41) is 24.0. The Kier molecular flexibility index (Phi) is 7.12. The number of thiazole rings is 1. The molecule has 168 valence electrons. The Labute approximate surface area is 201 Å². The van der Waals surface area contributed by atoms with Crippen LogP contribution in [0.15, 0.2) is 76.2 Å². The highest BCUT2D eigenvalue weighted by molar-refractivity contribution is 8.01. The topological polar surface area (TPSA) is 131 Å². The monoisotopic (exact) mass is 489 g/mol. The fourth-order valence-electron chi connectivity index (χ4n) is 2.81. The van der Waals surface area contributed by atoms with Gasteiger partial charge in [0, 0.05) is 12.1 Å². The van der Waals surface area contributed by atoms with Crippen LogP contribution in [0.25, 0.3) is 10.2 Å². The highest BCUT2D eigenvalue weighted by Gasteiger charge is 2.12. The molecule has 4 rings (SSSR count). The van der Waals surface area contributed by atoms with Crippen molar-refractivity contribution in [3.8, 4) is 17.6 Å².